The first-order chi connectivity index (χ1) is 13.3. The minimum absolute atomic E-state index is 0.317. The molecule has 0 bridgehead atoms. The van der Waals surface area contributed by atoms with E-state index in [0.717, 1.165) is 10.6 Å². The fourth-order valence-electron chi connectivity index (χ4n) is 2.54. The number of anilines is 2. The van der Waals surface area contributed by atoms with E-state index >= 15 is 0 Å². The third-order valence-electron chi connectivity index (χ3n) is 4.16. The van der Waals surface area contributed by atoms with E-state index in [1.807, 2.05) is 18.2 Å². The van der Waals surface area contributed by atoms with E-state index in [1.54, 1.807) is 48.7 Å². The van der Waals surface area contributed by atoms with Crippen molar-refractivity contribution in [1.82, 2.24) is 4.98 Å². The van der Waals surface area contributed by atoms with Crippen LogP contribution < -0.4 is 9.62 Å². The lowest BCUT2D eigenvalue weighted by atomic mass is 10.1. The fourth-order valence-corrected chi connectivity index (χ4v) is 3.26. The molecule has 3 aromatic rings. The van der Waals surface area contributed by atoms with Crippen molar-refractivity contribution < 1.29 is 13.2 Å². The average molecular weight is 416 g/mol. The molecular weight excluding hydrogens is 398 g/mol. The van der Waals surface area contributed by atoms with Gasteiger partial charge in [0.15, 0.2) is 0 Å². The SMILES string of the molecule is CN(c1ccc(C(=O)Nc2ccc(Cl)c(-c3ccccn3)c2)cc1)S(C)(=O)=O. The Morgan fingerprint density at radius 2 is 1.79 bits per heavy atom. The first kappa shape index (κ1) is 19.9. The summed E-state index contributed by atoms with van der Waals surface area (Å²) in [5, 5.41) is 3.35. The number of hydrogen-bond donors (Lipinski definition) is 1. The Balaban J connectivity index is 1.80. The molecule has 0 radical (unpaired) electrons. The monoisotopic (exact) mass is 415 g/mol. The second kappa shape index (κ2) is 8.00. The molecule has 0 saturated heterocycles. The summed E-state index contributed by atoms with van der Waals surface area (Å²) in [4.78, 5) is 16.8. The van der Waals surface area contributed by atoms with Crippen molar-refractivity contribution in [2.24, 2.45) is 0 Å². The summed E-state index contributed by atoms with van der Waals surface area (Å²) < 4.78 is 24.3. The number of hydrogen-bond acceptors (Lipinski definition) is 4. The van der Waals surface area contributed by atoms with E-state index in [0.29, 0.717) is 33.2 Å². The summed E-state index contributed by atoms with van der Waals surface area (Å²) in [6.45, 7) is 0. The summed E-state index contributed by atoms with van der Waals surface area (Å²) in [6, 6.07) is 17.0. The lowest BCUT2D eigenvalue weighted by molar-refractivity contribution is 0.102. The normalized spacial score (nSPS) is 11.1. The summed E-state index contributed by atoms with van der Waals surface area (Å²) in [6.07, 6.45) is 2.79. The minimum atomic E-state index is -3.36. The molecule has 0 aliphatic carbocycles. The van der Waals surface area contributed by atoms with Crippen LogP contribution in [-0.4, -0.2) is 32.6 Å². The molecule has 1 aromatic heterocycles. The van der Waals surface area contributed by atoms with E-state index in [-0.39, 0.29) is 5.91 Å². The van der Waals surface area contributed by atoms with Gasteiger partial charge in [0.2, 0.25) is 10.0 Å². The molecule has 1 heterocycles. The largest absolute Gasteiger partial charge is 0.322 e. The quantitative estimate of drug-likeness (QED) is 0.681. The van der Waals surface area contributed by atoms with Gasteiger partial charge in [-0.25, -0.2) is 8.42 Å². The predicted octanol–water partition coefficient (Wildman–Crippen LogP) is 4.05. The summed E-state index contributed by atoms with van der Waals surface area (Å²) in [7, 11) is -1.90. The zero-order valence-electron chi connectivity index (χ0n) is 15.3. The van der Waals surface area contributed by atoms with Gasteiger partial charge >= 0.3 is 0 Å². The standard InChI is InChI=1S/C20H18ClN3O3S/c1-24(28(2,26)27)16-9-6-14(7-10-16)20(25)23-15-8-11-18(21)17(13-15)19-5-3-4-12-22-19/h3-13H,1-2H3,(H,23,25). The van der Waals surface area contributed by atoms with Crippen LogP contribution in [0.1, 0.15) is 10.4 Å². The minimum Gasteiger partial charge on any atom is -0.322 e. The topological polar surface area (TPSA) is 79.4 Å². The molecule has 0 spiro atoms. The van der Waals surface area contributed by atoms with Crippen molar-refractivity contribution in [3.63, 3.8) is 0 Å². The van der Waals surface area contributed by atoms with E-state index < -0.39 is 10.0 Å². The number of amides is 1. The number of benzene rings is 2. The van der Waals surface area contributed by atoms with Crippen LogP contribution in [0.3, 0.4) is 0 Å². The van der Waals surface area contributed by atoms with Crippen LogP contribution in [0.25, 0.3) is 11.3 Å². The second-order valence-electron chi connectivity index (χ2n) is 6.14. The van der Waals surface area contributed by atoms with Gasteiger partial charge in [0.05, 0.1) is 22.7 Å². The number of pyridine rings is 1. The Labute approximate surface area is 168 Å². The number of nitrogens with zero attached hydrogens (tertiary/aromatic N) is 2. The van der Waals surface area contributed by atoms with Gasteiger partial charge in [-0.05, 0) is 54.6 Å². The Hall–Kier alpha value is -2.90. The van der Waals surface area contributed by atoms with Gasteiger partial charge in [0.25, 0.3) is 5.91 Å². The Kier molecular flexibility index (Phi) is 5.67. The van der Waals surface area contributed by atoms with Gasteiger partial charge in [0, 0.05) is 30.1 Å². The molecule has 144 valence electrons. The zero-order chi connectivity index (χ0) is 20.3. The number of rotatable bonds is 5. The summed E-state index contributed by atoms with van der Waals surface area (Å²) in [5.74, 6) is -0.317. The molecule has 0 fully saturated rings. The molecule has 0 aliphatic rings. The molecule has 6 nitrogen and oxygen atoms in total. The molecule has 3 rings (SSSR count). The molecule has 1 amide bonds. The van der Waals surface area contributed by atoms with Crippen LogP contribution in [0, 0.1) is 0 Å². The van der Waals surface area contributed by atoms with Crippen LogP contribution in [-0.2, 0) is 10.0 Å². The summed E-state index contributed by atoms with van der Waals surface area (Å²) in [5.41, 5.74) is 2.87. The highest BCUT2D eigenvalue weighted by Gasteiger charge is 2.13. The number of aromatic nitrogens is 1. The highest BCUT2D eigenvalue weighted by molar-refractivity contribution is 7.92. The van der Waals surface area contributed by atoms with Gasteiger partial charge in [-0.2, -0.15) is 0 Å². The lowest BCUT2D eigenvalue weighted by Crippen LogP contribution is -2.24. The second-order valence-corrected chi connectivity index (χ2v) is 8.56. The van der Waals surface area contributed by atoms with Crippen LogP contribution >= 0.6 is 11.6 Å². The van der Waals surface area contributed by atoms with Crippen LogP contribution in [0.15, 0.2) is 66.9 Å². The average Bonchev–Trinajstić information content (AvgIpc) is 2.69. The molecule has 0 aliphatic heterocycles. The van der Waals surface area contributed by atoms with Crippen molar-refractivity contribution in [2.75, 3.05) is 22.9 Å². The van der Waals surface area contributed by atoms with Crippen molar-refractivity contribution in [3.8, 4) is 11.3 Å². The van der Waals surface area contributed by atoms with Crippen LogP contribution in [0.5, 0.6) is 0 Å². The maximum Gasteiger partial charge on any atom is 0.255 e. The predicted molar refractivity (Wildman–Crippen MR) is 112 cm³/mol. The van der Waals surface area contributed by atoms with E-state index in [2.05, 4.69) is 10.3 Å². The van der Waals surface area contributed by atoms with Gasteiger partial charge in [-0.1, -0.05) is 17.7 Å². The molecule has 28 heavy (non-hydrogen) atoms. The van der Waals surface area contributed by atoms with Crippen LogP contribution in [0.4, 0.5) is 11.4 Å². The third-order valence-corrected chi connectivity index (χ3v) is 5.69. The first-order valence-corrected chi connectivity index (χ1v) is 10.5. The number of carbonyl (C=O) groups excluding carboxylic acids is 1. The maximum atomic E-state index is 12.5. The first-order valence-electron chi connectivity index (χ1n) is 8.32. The van der Waals surface area contributed by atoms with E-state index in [4.69, 9.17) is 11.6 Å². The molecule has 0 unspecified atom stereocenters. The number of carbonyl (C=O) groups is 1. The van der Waals surface area contributed by atoms with Gasteiger partial charge in [0.1, 0.15) is 0 Å². The zero-order valence-corrected chi connectivity index (χ0v) is 16.8. The fraction of sp³-hybridized carbons (Fsp3) is 0.100. The number of halogens is 1. The number of nitrogens with one attached hydrogen (secondary N) is 1. The van der Waals surface area contributed by atoms with Crippen molar-refractivity contribution in [2.45, 2.75) is 0 Å². The molecule has 2 aromatic carbocycles. The van der Waals surface area contributed by atoms with E-state index in [1.165, 1.54) is 7.05 Å². The number of sulfonamides is 1. The lowest BCUT2D eigenvalue weighted by Gasteiger charge is -2.16. The third kappa shape index (κ3) is 4.49. The molecule has 1 N–H and O–H groups in total. The van der Waals surface area contributed by atoms with Crippen molar-refractivity contribution in [3.05, 3.63) is 77.4 Å². The Morgan fingerprint density at radius 3 is 2.39 bits per heavy atom. The highest BCUT2D eigenvalue weighted by atomic mass is 35.5. The maximum absolute atomic E-state index is 12.5. The molecule has 8 heteroatoms. The van der Waals surface area contributed by atoms with Gasteiger partial charge in [-0.3, -0.25) is 14.1 Å². The van der Waals surface area contributed by atoms with Crippen LogP contribution in [0.2, 0.25) is 5.02 Å². The smallest absolute Gasteiger partial charge is 0.255 e. The van der Waals surface area contributed by atoms with Crippen molar-refractivity contribution in [1.29, 1.82) is 0 Å². The summed E-state index contributed by atoms with van der Waals surface area (Å²) >= 11 is 6.26. The molecule has 0 atom stereocenters. The highest BCUT2D eigenvalue weighted by Crippen LogP contribution is 2.29. The van der Waals surface area contributed by atoms with Gasteiger partial charge < -0.3 is 5.32 Å². The molecular formula is C20H18ClN3O3S. The Bertz CT molecular complexity index is 1100. The molecule has 0 saturated carbocycles. The van der Waals surface area contributed by atoms with E-state index in [9.17, 15) is 13.2 Å². The van der Waals surface area contributed by atoms with Gasteiger partial charge in [-0.15, -0.1) is 0 Å². The van der Waals surface area contributed by atoms with Crippen molar-refractivity contribution >= 4 is 38.9 Å². The Morgan fingerprint density at radius 1 is 1.07 bits per heavy atom.